The van der Waals surface area contributed by atoms with Crippen molar-refractivity contribution in [3.63, 3.8) is 0 Å². The normalized spacial score (nSPS) is 13.2. The van der Waals surface area contributed by atoms with E-state index in [0.717, 1.165) is 41.7 Å². The number of nitrogens with two attached hydrogens (primary N) is 1. The molecule has 8 heteroatoms. The number of amides is 1. The van der Waals surface area contributed by atoms with Gasteiger partial charge in [0.1, 0.15) is 5.82 Å². The van der Waals surface area contributed by atoms with Crippen molar-refractivity contribution >= 4 is 23.2 Å². The van der Waals surface area contributed by atoms with Gasteiger partial charge in [-0.2, -0.15) is 0 Å². The van der Waals surface area contributed by atoms with Gasteiger partial charge in [-0.3, -0.25) is 28.8 Å². The molecule has 1 aliphatic carbocycles. The summed E-state index contributed by atoms with van der Waals surface area (Å²) in [7, 11) is 0. The number of anilines is 2. The van der Waals surface area contributed by atoms with Gasteiger partial charge < -0.3 is 5.73 Å². The van der Waals surface area contributed by atoms with Crippen LogP contribution in [0.4, 0.5) is 11.5 Å². The maximum atomic E-state index is 13.5. The van der Waals surface area contributed by atoms with Crippen LogP contribution in [0, 0.1) is 6.92 Å². The van der Waals surface area contributed by atoms with Crippen molar-refractivity contribution in [3.8, 4) is 0 Å². The molecule has 3 aromatic rings. The van der Waals surface area contributed by atoms with Gasteiger partial charge in [0.25, 0.3) is 17.2 Å². The van der Waals surface area contributed by atoms with E-state index in [0.29, 0.717) is 6.42 Å². The number of rotatable bonds is 8. The third kappa shape index (κ3) is 5.54. The molecule has 0 fully saturated rings. The summed E-state index contributed by atoms with van der Waals surface area (Å²) in [5, 5.41) is 0. The monoisotopic (exact) mass is 486 g/mol. The number of aryl methyl sites for hydroxylation is 1. The summed E-state index contributed by atoms with van der Waals surface area (Å²) in [6.07, 6.45) is 6.72. The van der Waals surface area contributed by atoms with Crippen molar-refractivity contribution in [1.29, 1.82) is 0 Å². The van der Waals surface area contributed by atoms with Crippen LogP contribution in [0.5, 0.6) is 0 Å². The van der Waals surface area contributed by atoms with E-state index in [4.69, 9.17) is 5.73 Å². The third-order valence-corrected chi connectivity index (χ3v) is 6.46. The average Bonchev–Trinajstić information content (AvgIpc) is 2.89. The predicted molar refractivity (Wildman–Crippen MR) is 140 cm³/mol. The van der Waals surface area contributed by atoms with Crippen LogP contribution in [0.2, 0.25) is 0 Å². The molecule has 0 atom stereocenters. The van der Waals surface area contributed by atoms with Gasteiger partial charge in [-0.15, -0.1) is 0 Å². The topological polar surface area (TPSA) is 118 Å². The van der Waals surface area contributed by atoms with E-state index >= 15 is 0 Å². The zero-order chi connectivity index (χ0) is 25.7. The van der Waals surface area contributed by atoms with E-state index in [2.05, 4.69) is 11.1 Å². The van der Waals surface area contributed by atoms with Crippen LogP contribution < -0.4 is 21.9 Å². The van der Waals surface area contributed by atoms with Gasteiger partial charge in [-0.05, 0) is 44.6 Å². The molecule has 0 saturated carbocycles. The molecule has 2 aromatic carbocycles. The van der Waals surface area contributed by atoms with Crippen molar-refractivity contribution in [2.45, 2.75) is 45.6 Å². The Kier molecular flexibility index (Phi) is 7.63. The van der Waals surface area contributed by atoms with Gasteiger partial charge in [0.15, 0.2) is 5.69 Å². The minimum absolute atomic E-state index is 0.0963. The maximum Gasteiger partial charge on any atom is 0.330 e. The summed E-state index contributed by atoms with van der Waals surface area (Å²) in [5.41, 5.74) is 7.84. The molecule has 186 valence electrons. The minimum Gasteiger partial charge on any atom is -0.383 e. The lowest BCUT2D eigenvalue weighted by atomic mass is 9.97. The second-order valence-corrected chi connectivity index (χ2v) is 9.07. The molecule has 3 N–H and O–H groups in total. The summed E-state index contributed by atoms with van der Waals surface area (Å²) in [6, 6.07) is 15.8. The minimum atomic E-state index is -0.864. The first kappa shape index (κ1) is 24.9. The lowest BCUT2D eigenvalue weighted by Gasteiger charge is -2.25. The first-order valence-corrected chi connectivity index (χ1v) is 12.1. The Morgan fingerprint density at radius 2 is 1.75 bits per heavy atom. The number of carbonyl (C=O) groups is 2. The molecule has 1 heterocycles. The third-order valence-electron chi connectivity index (χ3n) is 6.46. The zero-order valence-corrected chi connectivity index (χ0v) is 20.3. The van der Waals surface area contributed by atoms with Crippen LogP contribution in [-0.2, 0) is 11.3 Å². The number of aromatic nitrogens is 2. The number of aromatic amines is 1. The first-order valence-electron chi connectivity index (χ1n) is 12.1. The van der Waals surface area contributed by atoms with Crippen LogP contribution in [0.3, 0.4) is 0 Å². The van der Waals surface area contributed by atoms with E-state index < -0.39 is 22.9 Å². The molecule has 1 aromatic heterocycles. The molecule has 4 rings (SSSR count). The standard InChI is InChI=1S/C28H30N4O4/c1-19-12-14-22(15-13-19)24(33)27(35)31(17-16-20-8-4-2-5-9-20)23-25(29)32(28(36)30-26(23)34)18-21-10-6-3-7-11-21/h3,6-8,10-15H,2,4-5,9,16-18,29H2,1H3,(H,30,34,36). The molecular formula is C28H30N4O4. The van der Waals surface area contributed by atoms with Crippen LogP contribution in [-0.4, -0.2) is 27.8 Å². The van der Waals surface area contributed by atoms with Crippen LogP contribution in [0.15, 0.2) is 75.8 Å². The van der Waals surface area contributed by atoms with E-state index in [9.17, 15) is 19.2 Å². The fourth-order valence-corrected chi connectivity index (χ4v) is 4.41. The van der Waals surface area contributed by atoms with E-state index in [-0.39, 0.29) is 30.2 Å². The maximum absolute atomic E-state index is 13.5. The summed E-state index contributed by atoms with van der Waals surface area (Å²) < 4.78 is 1.21. The summed E-state index contributed by atoms with van der Waals surface area (Å²) >= 11 is 0. The van der Waals surface area contributed by atoms with Crippen molar-refractivity contribution in [1.82, 2.24) is 9.55 Å². The van der Waals surface area contributed by atoms with Gasteiger partial charge in [-0.1, -0.05) is 71.8 Å². The quantitative estimate of drug-likeness (QED) is 0.287. The number of H-pyrrole nitrogens is 1. The van der Waals surface area contributed by atoms with Gasteiger partial charge in [0, 0.05) is 12.1 Å². The molecular weight excluding hydrogens is 456 g/mol. The van der Waals surface area contributed by atoms with Crippen molar-refractivity contribution in [2.75, 3.05) is 17.2 Å². The van der Waals surface area contributed by atoms with Crippen LogP contribution in [0.1, 0.15) is 53.6 Å². The number of carbonyl (C=O) groups excluding carboxylic acids is 2. The molecule has 0 saturated heterocycles. The fraction of sp³-hybridized carbons (Fsp3) is 0.286. The highest BCUT2D eigenvalue weighted by Gasteiger charge is 2.29. The largest absolute Gasteiger partial charge is 0.383 e. The number of Topliss-reactive ketones (excluding diaryl/α,β-unsaturated/α-hetero) is 1. The average molecular weight is 487 g/mol. The number of nitrogens with zero attached hydrogens (tertiary/aromatic N) is 2. The Hall–Kier alpha value is -4.20. The van der Waals surface area contributed by atoms with E-state index in [1.54, 1.807) is 24.3 Å². The Balaban J connectivity index is 1.75. The number of hydrogen-bond acceptors (Lipinski definition) is 5. The molecule has 36 heavy (non-hydrogen) atoms. The molecule has 0 spiro atoms. The van der Waals surface area contributed by atoms with Crippen molar-refractivity contribution < 1.29 is 9.59 Å². The SMILES string of the molecule is Cc1ccc(C(=O)C(=O)N(CCC2=CCCCC2)c2c(N)n(Cc3ccccc3)c(=O)[nH]c2=O)cc1. The lowest BCUT2D eigenvalue weighted by molar-refractivity contribution is -0.114. The summed E-state index contributed by atoms with van der Waals surface area (Å²) in [4.78, 5) is 55.7. The lowest BCUT2D eigenvalue weighted by Crippen LogP contribution is -2.44. The number of nitrogen functional groups attached to an aromatic ring is 1. The number of ketones is 1. The highest BCUT2D eigenvalue weighted by atomic mass is 16.2. The van der Waals surface area contributed by atoms with E-state index in [1.807, 2.05) is 37.3 Å². The molecule has 0 radical (unpaired) electrons. The Morgan fingerprint density at radius 1 is 1.03 bits per heavy atom. The smallest absolute Gasteiger partial charge is 0.330 e. The number of allylic oxidation sites excluding steroid dienone is 1. The number of benzene rings is 2. The van der Waals surface area contributed by atoms with Crippen LogP contribution in [0.25, 0.3) is 0 Å². The molecule has 0 unspecified atom stereocenters. The predicted octanol–water partition coefficient (Wildman–Crippen LogP) is 3.58. The number of hydrogen-bond donors (Lipinski definition) is 2. The second-order valence-electron chi connectivity index (χ2n) is 9.07. The van der Waals surface area contributed by atoms with Crippen molar-refractivity contribution in [3.05, 3.63) is 104 Å². The Morgan fingerprint density at radius 3 is 2.42 bits per heavy atom. The molecule has 0 bridgehead atoms. The summed E-state index contributed by atoms with van der Waals surface area (Å²) in [5.74, 6) is -1.76. The highest BCUT2D eigenvalue weighted by molar-refractivity contribution is 6.47. The Bertz CT molecular complexity index is 1400. The molecule has 0 aliphatic heterocycles. The van der Waals surface area contributed by atoms with Gasteiger partial charge in [0.2, 0.25) is 0 Å². The number of nitrogens with one attached hydrogen (secondary N) is 1. The highest BCUT2D eigenvalue weighted by Crippen LogP contribution is 2.24. The van der Waals surface area contributed by atoms with Gasteiger partial charge >= 0.3 is 5.69 Å². The first-order chi connectivity index (χ1) is 17.3. The zero-order valence-electron chi connectivity index (χ0n) is 20.3. The van der Waals surface area contributed by atoms with Gasteiger partial charge in [-0.25, -0.2) is 4.79 Å². The Labute approximate surface area is 209 Å². The van der Waals surface area contributed by atoms with Crippen LogP contribution >= 0.6 is 0 Å². The molecule has 8 nitrogen and oxygen atoms in total. The second kappa shape index (κ2) is 11.0. The summed E-state index contributed by atoms with van der Waals surface area (Å²) in [6.45, 7) is 2.09. The molecule has 1 amide bonds. The fourth-order valence-electron chi connectivity index (χ4n) is 4.41. The van der Waals surface area contributed by atoms with Gasteiger partial charge in [0.05, 0.1) is 6.54 Å². The molecule has 1 aliphatic rings. The van der Waals surface area contributed by atoms with E-state index in [1.165, 1.54) is 10.1 Å². The van der Waals surface area contributed by atoms with Crippen molar-refractivity contribution in [2.24, 2.45) is 0 Å².